The third-order valence-electron chi connectivity index (χ3n) is 23.0. The molecule has 87 heavy (non-hydrogen) atoms. The smallest absolute Gasteiger partial charge is 0.311 e. The molecular weight excluding hydrogens is 1120 g/mol. The fourth-order valence-corrected chi connectivity index (χ4v) is 17.2. The Morgan fingerprint density at radius 2 is 1.55 bits per heavy atom. The second kappa shape index (κ2) is 27.7. The Morgan fingerprint density at radius 3 is 2.20 bits per heavy atom. The Bertz CT molecular complexity index is 2470. The van der Waals surface area contributed by atoms with Gasteiger partial charge in [0.1, 0.15) is 35.1 Å². The first-order valence-electron chi connectivity index (χ1n) is 32.6. The second-order valence-corrected chi connectivity index (χ2v) is 28.8. The zero-order valence-electron chi connectivity index (χ0n) is 55.4. The average molecular weight is 1240 g/mol. The molecular formula is C66H111FN4O16. The van der Waals surface area contributed by atoms with Crippen LogP contribution in [-0.2, 0) is 52.3 Å². The van der Waals surface area contributed by atoms with Crippen molar-refractivity contribution in [3.05, 3.63) is 23.8 Å². The highest BCUT2D eigenvalue weighted by molar-refractivity contribution is 5.93. The summed E-state index contributed by atoms with van der Waals surface area (Å²) in [7, 11) is 4.94. The van der Waals surface area contributed by atoms with Crippen molar-refractivity contribution in [1.29, 1.82) is 0 Å². The van der Waals surface area contributed by atoms with Crippen molar-refractivity contribution in [1.82, 2.24) is 20.9 Å². The summed E-state index contributed by atoms with van der Waals surface area (Å²) >= 11 is 0. The number of unbranched alkanes of at least 4 members (excludes halogenated alkanes) is 2. The standard InChI is InChI=1S/C66H111FN4O16/c1-18-49-64(14,79)54(75)41(8)70-56(76)37(4)32-62(12,81-16)55(87-59-52(74)47(71(15)19-2)30-38(5)83-59)39(6)53(40(7)58(78)85-49)86-50-34-63(13,82-17)65(80,42(9)84-50)35-68-27-21-20-22-28-69-57(77)51-36(3)29-46-45-24-23-43-31-44(72)25-26-61(43,11)66(45,67)48(73)33-60(46,51)10/h23,25-26,36-42,45-55,59,68,73-75,79-80H,18-22,24,27-35H2,1-17H3,(H,69,77)(H,70,76)/t36-,37-,38-,39+,40-,41-,42+,45?,46?,47+,48+,49-,50+,51-,52-,53+,54-,55-,59+,60+,61+,62-,63-,64-,65+,66+/m1/s1. The summed E-state index contributed by atoms with van der Waals surface area (Å²) in [5.74, 6) is -5.04. The van der Waals surface area contributed by atoms with Gasteiger partial charge >= 0.3 is 5.97 Å². The van der Waals surface area contributed by atoms with Gasteiger partial charge in [-0.1, -0.05) is 65.7 Å². The van der Waals surface area contributed by atoms with Gasteiger partial charge in [-0.05, 0) is 150 Å². The molecule has 0 aromatic carbocycles. The molecule has 7 rings (SSSR count). The van der Waals surface area contributed by atoms with E-state index in [2.05, 4.69) is 29.8 Å². The summed E-state index contributed by atoms with van der Waals surface area (Å²) in [6.45, 7) is 26.7. The van der Waals surface area contributed by atoms with Gasteiger partial charge in [0, 0.05) is 75.3 Å². The maximum atomic E-state index is 17.7. The van der Waals surface area contributed by atoms with Crippen LogP contribution in [0.5, 0.6) is 0 Å². The highest BCUT2D eigenvalue weighted by atomic mass is 19.1. The van der Waals surface area contributed by atoms with Crippen molar-refractivity contribution in [3.63, 3.8) is 0 Å². The zero-order valence-corrected chi connectivity index (χ0v) is 55.4. The van der Waals surface area contributed by atoms with E-state index in [0.717, 1.165) is 18.4 Å². The van der Waals surface area contributed by atoms with E-state index in [1.54, 1.807) is 54.5 Å². The molecule has 2 saturated carbocycles. The number of likely N-dealkylation sites (N-methyl/N-ethyl adjacent to an activating group) is 1. The van der Waals surface area contributed by atoms with Crippen LogP contribution in [0.2, 0.25) is 0 Å². The van der Waals surface area contributed by atoms with Crippen LogP contribution < -0.4 is 16.0 Å². The molecule has 0 aromatic heterocycles. The van der Waals surface area contributed by atoms with E-state index in [4.69, 9.17) is 33.2 Å². The molecule has 0 bridgehead atoms. The summed E-state index contributed by atoms with van der Waals surface area (Å²) in [5.41, 5.74) is -9.13. The topological polar surface area (TPSA) is 273 Å². The number of cyclic esters (lactones) is 1. The van der Waals surface area contributed by atoms with Gasteiger partial charge in [0.15, 0.2) is 24.0 Å². The van der Waals surface area contributed by atoms with Crippen LogP contribution in [-0.4, -0.2) is 203 Å². The van der Waals surface area contributed by atoms with Gasteiger partial charge < -0.3 is 79.5 Å². The molecule has 4 aliphatic carbocycles. The van der Waals surface area contributed by atoms with Crippen LogP contribution in [0.15, 0.2) is 23.8 Å². The number of ether oxygens (including phenoxy) is 7. The van der Waals surface area contributed by atoms with E-state index in [-0.39, 0.29) is 74.3 Å². The predicted octanol–water partition coefficient (Wildman–Crippen LogP) is 5.61. The highest BCUT2D eigenvalue weighted by Crippen LogP contribution is 2.69. The molecule has 3 saturated heterocycles. The molecule has 2 amide bonds. The Hall–Kier alpha value is -3.03. The molecule has 21 heteroatoms. The number of aliphatic hydroxyl groups excluding tert-OH is 3. The van der Waals surface area contributed by atoms with Gasteiger partial charge in [0.25, 0.3) is 0 Å². The van der Waals surface area contributed by atoms with Crippen molar-refractivity contribution in [2.75, 3.05) is 47.4 Å². The van der Waals surface area contributed by atoms with Gasteiger partial charge in [0.05, 0.1) is 48.1 Å². The molecule has 0 spiro atoms. The van der Waals surface area contributed by atoms with Crippen molar-refractivity contribution >= 4 is 23.6 Å². The SMILES string of the molecule is CC[C@H]1OC(=O)[C@H](C)[C@@H](O[C@H]2C[C@@](C)(OC)[C@](O)(CNCCCCCNC(=O)[C@H]3[C@H](C)CC4C5CC=C6CC(=O)C=C[C@]6(C)[C@@]5(F)[C@@H](O)C[C@@]43C)[C@H](C)O2)[C@H](C)[C@@H](O[C@@H]2O[C@H](C)C[C@H](N(C)CC)[C@H]2O)[C@](C)(OC)C[C@@H](C)C(=O)N[C@H](C)[C@@H](O)[C@]1(C)O. The molecule has 2 unspecified atom stereocenters. The van der Waals surface area contributed by atoms with Crippen LogP contribution in [0.3, 0.4) is 0 Å². The Morgan fingerprint density at radius 1 is 0.874 bits per heavy atom. The summed E-state index contributed by atoms with van der Waals surface area (Å²) in [6.07, 6.45) is -1.44. The number of hydrogen-bond acceptors (Lipinski definition) is 18. The number of rotatable bonds is 18. The minimum Gasteiger partial charge on any atom is -0.459 e. The number of halogens is 1. The first kappa shape index (κ1) is 71.4. The number of fused-ring (bicyclic) bond motifs is 5. The molecule has 0 radical (unpaired) electrons. The minimum atomic E-state index is -2.01. The van der Waals surface area contributed by atoms with Crippen LogP contribution in [0, 0.1) is 52.3 Å². The van der Waals surface area contributed by atoms with Crippen molar-refractivity contribution < 1.29 is 82.3 Å². The van der Waals surface area contributed by atoms with E-state index in [0.29, 0.717) is 45.3 Å². The third kappa shape index (κ3) is 13.5. The van der Waals surface area contributed by atoms with E-state index in [9.17, 15) is 44.7 Å². The zero-order chi connectivity index (χ0) is 64.7. The minimum absolute atomic E-state index is 0.00507. The lowest BCUT2D eigenvalue weighted by molar-refractivity contribution is -0.337. The average Bonchev–Trinajstić information content (AvgIpc) is 1.68. The first-order valence-corrected chi connectivity index (χ1v) is 32.6. The van der Waals surface area contributed by atoms with Gasteiger partial charge in [-0.15, -0.1) is 0 Å². The molecule has 5 fully saturated rings. The van der Waals surface area contributed by atoms with Crippen LogP contribution in [0.4, 0.5) is 4.39 Å². The second-order valence-electron chi connectivity index (χ2n) is 28.8. The monoisotopic (exact) mass is 1230 g/mol. The van der Waals surface area contributed by atoms with Gasteiger partial charge in [0.2, 0.25) is 11.8 Å². The van der Waals surface area contributed by atoms with E-state index < -0.39 is 142 Å². The number of methoxy groups -OCH3 is 2. The number of hydrogen-bond donors (Lipinski definition) is 8. The number of nitrogens with zero attached hydrogens (tertiary/aromatic N) is 1. The lowest BCUT2D eigenvalue weighted by Gasteiger charge is -2.61. The summed E-state index contributed by atoms with van der Waals surface area (Å²) < 4.78 is 63.5. The van der Waals surface area contributed by atoms with Crippen molar-refractivity contribution in [2.45, 2.75) is 269 Å². The Kier molecular flexibility index (Phi) is 22.7. The Labute approximate surface area is 517 Å². The van der Waals surface area contributed by atoms with Crippen molar-refractivity contribution in [2.24, 2.45) is 52.3 Å². The molecule has 7 aliphatic rings. The number of esters is 1. The summed E-state index contributed by atoms with van der Waals surface area (Å²) in [6, 6.07) is -1.30. The number of carbonyl (C=O) groups excluding carboxylic acids is 4. The molecule has 0 aromatic rings. The number of carbonyl (C=O) groups is 4. The highest BCUT2D eigenvalue weighted by Gasteiger charge is 2.71. The molecule has 8 N–H and O–H groups in total. The quantitative estimate of drug-likeness (QED) is 0.0471. The fraction of sp³-hybridized carbons (Fsp3) is 0.879. The summed E-state index contributed by atoms with van der Waals surface area (Å²) in [5, 5.41) is 69.4. The third-order valence-corrected chi connectivity index (χ3v) is 23.0. The molecule has 20 nitrogen and oxygen atoms in total. The molecule has 3 aliphatic heterocycles. The van der Waals surface area contributed by atoms with Gasteiger partial charge in [-0.25, -0.2) is 4.39 Å². The summed E-state index contributed by atoms with van der Waals surface area (Å²) in [4.78, 5) is 57.3. The number of allylic oxidation sites excluding steroid dienone is 4. The fourth-order valence-electron chi connectivity index (χ4n) is 17.2. The van der Waals surface area contributed by atoms with Crippen LogP contribution in [0.1, 0.15) is 168 Å². The lowest BCUT2D eigenvalue weighted by Crippen LogP contribution is -2.70. The van der Waals surface area contributed by atoms with Crippen LogP contribution in [0.25, 0.3) is 0 Å². The van der Waals surface area contributed by atoms with E-state index in [1.807, 2.05) is 45.7 Å². The van der Waals surface area contributed by atoms with E-state index >= 15 is 4.39 Å². The van der Waals surface area contributed by atoms with Gasteiger partial charge in [-0.2, -0.15) is 0 Å². The van der Waals surface area contributed by atoms with E-state index in [1.165, 1.54) is 27.2 Å². The number of aliphatic hydroxyl groups is 5. The Balaban J connectivity index is 1.03. The molecule has 3 heterocycles. The maximum Gasteiger partial charge on any atom is 0.311 e. The maximum absolute atomic E-state index is 17.7. The van der Waals surface area contributed by atoms with Gasteiger partial charge in [-0.3, -0.25) is 19.2 Å². The molecule has 26 atom stereocenters. The molecule has 498 valence electrons. The first-order chi connectivity index (χ1) is 40.6. The normalized spacial score (nSPS) is 47.4. The number of alkyl halides is 1. The van der Waals surface area contributed by atoms with Crippen LogP contribution >= 0.6 is 0 Å². The largest absolute Gasteiger partial charge is 0.459 e. The van der Waals surface area contributed by atoms with Crippen molar-refractivity contribution in [3.8, 4) is 0 Å². The number of amides is 2. The number of ketones is 1. The predicted molar refractivity (Wildman–Crippen MR) is 324 cm³/mol. The lowest BCUT2D eigenvalue weighted by atomic mass is 9.46. The number of nitrogens with one attached hydrogen (secondary N) is 3.